The zero-order chi connectivity index (χ0) is 4.28. The highest BCUT2D eigenvalue weighted by Gasteiger charge is 1.50. The molecule has 4 heavy (non-hydrogen) atoms. The van der Waals surface area contributed by atoms with Gasteiger partial charge < -0.3 is 0 Å². The van der Waals surface area contributed by atoms with Crippen LogP contribution in [-0.2, 0) is 9.36 Å². The van der Waals surface area contributed by atoms with Crippen molar-refractivity contribution < 1.29 is 10.7 Å². The summed E-state index contributed by atoms with van der Waals surface area (Å²) in [6.45, 7) is 0. The van der Waals surface area contributed by atoms with E-state index in [0.29, 0.717) is 0 Å². The molecule has 3 heteroatoms. The highest BCUT2D eigenvalue weighted by molar-refractivity contribution is 7.42. The zero-order valence-electron chi connectivity index (χ0n) is 2.76. The van der Waals surface area contributed by atoms with Crippen LogP contribution in [0.3, 0.4) is 0 Å². The molecule has 0 saturated heterocycles. The molecule has 0 N–H and O–H groups in total. The summed E-state index contributed by atoms with van der Waals surface area (Å²) in [6.07, 6.45) is 0. The summed E-state index contributed by atoms with van der Waals surface area (Å²) in [6, 6.07) is -1.08. The van der Waals surface area contributed by atoms with E-state index in [-0.39, 0.29) is 0 Å². The van der Waals surface area contributed by atoms with Gasteiger partial charge >= 0.3 is 0 Å². The van der Waals surface area contributed by atoms with Crippen LogP contribution in [0.1, 0.15) is 1.37 Å². The van der Waals surface area contributed by atoms with E-state index >= 15 is 0 Å². The predicted octanol–water partition coefficient (Wildman–Crippen LogP) is 0.468. The van der Waals surface area contributed by atoms with Gasteiger partial charge in [-0.3, -0.25) is 9.36 Å². The highest BCUT2D eigenvalue weighted by atomic mass is 31.1. The minimum Gasteiger partial charge on any atom is -0.290 e. The maximum absolute atomic E-state index is 9.15. The van der Waals surface area contributed by atoms with Gasteiger partial charge in [-0.2, -0.15) is 0 Å². The Morgan fingerprint density at radius 3 is 2.50 bits per heavy atom. The van der Waals surface area contributed by atoms with Crippen molar-refractivity contribution in [2.75, 3.05) is 0 Å². The summed E-state index contributed by atoms with van der Waals surface area (Å²) in [5, 5.41) is 0. The van der Waals surface area contributed by atoms with E-state index in [9.17, 15) is 0 Å². The van der Waals surface area contributed by atoms with E-state index < -0.39 is 14.5 Å². The van der Waals surface area contributed by atoms with Gasteiger partial charge in [0.1, 0.15) is 1.37 Å². The Balaban J connectivity index is 3.20. The third kappa shape index (κ3) is 1.77. The number of hydrogen-bond acceptors (Lipinski definition) is 2. The van der Waals surface area contributed by atoms with Crippen LogP contribution in [0.4, 0.5) is 0 Å². The molecule has 0 aliphatic carbocycles. The molecule has 0 radical (unpaired) electrons. The lowest BCUT2D eigenvalue weighted by molar-refractivity contribution is 0.562. The fraction of sp³-hybridized carbons (Fsp3) is 0. The van der Waals surface area contributed by atoms with Crippen molar-refractivity contribution in [2.24, 2.45) is 0 Å². The zero-order valence-corrected chi connectivity index (χ0v) is 2.66. The second-order valence-corrected chi connectivity index (χ2v) is 0.548. The fourth-order valence-corrected chi connectivity index (χ4v) is 0. The Kier molecular flexibility index (Phi) is 1.41. The molecule has 0 aliphatic rings. The first-order valence-electron chi connectivity index (χ1n) is 1.11. The monoisotopic (exact) mass is 77.0 g/mol. The summed E-state index contributed by atoms with van der Waals surface area (Å²) in [5.74, 6) is 0. The van der Waals surface area contributed by atoms with Crippen molar-refractivity contribution in [3.05, 3.63) is 0 Å². The molecule has 0 saturated carbocycles. The molecule has 0 fully saturated rings. The molecule has 0 aromatic heterocycles. The Hall–Kier alpha value is -0.230. The largest absolute Gasteiger partial charge is 0.290 e. The van der Waals surface area contributed by atoms with Gasteiger partial charge in [0.2, 0.25) is 14.5 Å². The third-order valence-electron chi connectivity index (χ3n) is 0.0373. The maximum atomic E-state index is 9.15. The van der Waals surface area contributed by atoms with E-state index in [4.69, 9.17) is 10.7 Å². The SMILES string of the molecule is [2H]C(=O)P=O. The normalized spacial score (nSPS) is 10.5. The van der Waals surface area contributed by atoms with Gasteiger partial charge in [0.25, 0.3) is 0 Å². The summed E-state index contributed by atoms with van der Waals surface area (Å²) in [7, 11) is -0.725. The molecule has 0 aromatic rings. The van der Waals surface area contributed by atoms with E-state index in [1.165, 1.54) is 0 Å². The minimum absolute atomic E-state index is 0.725. The Labute approximate surface area is 26.4 Å². The van der Waals surface area contributed by atoms with Crippen molar-refractivity contribution in [1.82, 2.24) is 0 Å². The van der Waals surface area contributed by atoms with Crippen LogP contribution in [0.15, 0.2) is 0 Å². The van der Waals surface area contributed by atoms with Crippen LogP contribution in [0.2, 0.25) is 0 Å². The van der Waals surface area contributed by atoms with Crippen molar-refractivity contribution in [3.63, 3.8) is 0 Å². The molecule has 0 amide bonds. The topological polar surface area (TPSA) is 34.1 Å². The molecule has 0 heterocycles. The molecule has 0 aliphatic heterocycles. The molecule has 22 valence electrons. The first-order chi connectivity index (χ1) is 2.27. The fourth-order valence-electron chi connectivity index (χ4n) is 0. The lowest BCUT2D eigenvalue weighted by Crippen LogP contribution is -1.29. The van der Waals surface area contributed by atoms with Crippen LogP contribution in [0.5, 0.6) is 0 Å². The average Bonchev–Trinajstić information content (AvgIpc) is 1.38. The summed E-state index contributed by atoms with van der Waals surface area (Å²) < 4.78 is 14.9. The van der Waals surface area contributed by atoms with Gasteiger partial charge in [-0.15, -0.1) is 0 Å². The van der Waals surface area contributed by atoms with E-state index in [0.717, 1.165) is 0 Å². The van der Waals surface area contributed by atoms with Gasteiger partial charge in [-0.25, -0.2) is 0 Å². The molecular weight excluding hydrogens is 75.0 g/mol. The molecule has 0 aromatic carbocycles. The molecular formula is CHO2P. The summed E-state index contributed by atoms with van der Waals surface area (Å²) >= 11 is 0. The van der Waals surface area contributed by atoms with Crippen LogP contribution in [0.25, 0.3) is 0 Å². The van der Waals surface area contributed by atoms with Crippen molar-refractivity contribution in [1.29, 1.82) is 0 Å². The second kappa shape index (κ2) is 2.77. The molecule has 0 spiro atoms. The quantitative estimate of drug-likeness (QED) is 0.336. The van der Waals surface area contributed by atoms with Gasteiger partial charge in [-0.1, -0.05) is 0 Å². The van der Waals surface area contributed by atoms with Gasteiger partial charge in [0.05, 0.1) is 0 Å². The first-order valence-corrected chi connectivity index (χ1v) is 1.42. The number of carbonyl (C=O) groups excluding carboxylic acids is 1. The van der Waals surface area contributed by atoms with E-state index in [1.807, 2.05) is 0 Å². The van der Waals surface area contributed by atoms with E-state index in [2.05, 4.69) is 0 Å². The smallest absolute Gasteiger partial charge is 0.228 e. The Morgan fingerprint density at radius 1 is 2.25 bits per heavy atom. The van der Waals surface area contributed by atoms with Crippen molar-refractivity contribution in [3.8, 4) is 0 Å². The molecule has 2 nitrogen and oxygen atoms in total. The first kappa shape index (κ1) is 2.04. The lowest BCUT2D eigenvalue weighted by Gasteiger charge is -1.28. The van der Waals surface area contributed by atoms with Gasteiger partial charge in [0, 0.05) is 0 Å². The average molecular weight is 77.0 g/mol. The second-order valence-electron chi connectivity index (χ2n) is 0.183. The number of hydrogen-bond donors (Lipinski definition) is 0. The Morgan fingerprint density at radius 2 is 2.50 bits per heavy atom. The standard InChI is InChI=1S/CHO2P/c2-1-4-3/h1H/i1D. The van der Waals surface area contributed by atoms with Gasteiger partial charge in [0.15, 0.2) is 0 Å². The van der Waals surface area contributed by atoms with Crippen molar-refractivity contribution >= 4 is 14.5 Å². The minimum atomic E-state index is -1.08. The van der Waals surface area contributed by atoms with Crippen LogP contribution in [-0.4, -0.2) is 6.00 Å². The van der Waals surface area contributed by atoms with Crippen LogP contribution < -0.4 is 0 Å². The summed E-state index contributed by atoms with van der Waals surface area (Å²) in [4.78, 5) is 9.15. The van der Waals surface area contributed by atoms with Crippen LogP contribution >= 0.6 is 8.46 Å². The predicted molar refractivity (Wildman–Crippen MR) is 14.4 cm³/mol. The van der Waals surface area contributed by atoms with Crippen molar-refractivity contribution in [2.45, 2.75) is 0 Å². The number of carbonyl (C=O) groups is 1. The molecule has 0 rings (SSSR count). The van der Waals surface area contributed by atoms with E-state index in [1.54, 1.807) is 0 Å². The maximum Gasteiger partial charge on any atom is 0.228 e. The molecule has 0 atom stereocenters. The Bertz CT molecular complexity index is 60.7. The summed E-state index contributed by atoms with van der Waals surface area (Å²) in [5.41, 5.74) is 0. The lowest BCUT2D eigenvalue weighted by atomic mass is 11.8. The highest BCUT2D eigenvalue weighted by Crippen LogP contribution is 1.72. The molecule has 0 unspecified atom stereocenters. The molecule has 0 bridgehead atoms. The third-order valence-corrected chi connectivity index (χ3v) is 0.112. The number of rotatable bonds is 1. The van der Waals surface area contributed by atoms with Gasteiger partial charge in [-0.05, 0) is 0 Å². The van der Waals surface area contributed by atoms with Crippen LogP contribution in [0, 0.1) is 0 Å².